The third kappa shape index (κ3) is 8.48. The van der Waals surface area contributed by atoms with E-state index in [2.05, 4.69) is 5.32 Å². The number of nitrogens with one attached hydrogen (secondary N) is 1. The van der Waals surface area contributed by atoms with Crippen LogP contribution in [0.2, 0.25) is 5.02 Å². The first kappa shape index (κ1) is 34.8. The molecule has 0 unspecified atom stereocenters. The molecule has 9 nitrogen and oxygen atoms in total. The number of sulfonamides is 1. The second-order valence-electron chi connectivity index (χ2n) is 11.7. The van der Waals surface area contributed by atoms with Crippen LogP contribution in [0.15, 0.2) is 108 Å². The van der Waals surface area contributed by atoms with E-state index < -0.39 is 28.5 Å². The van der Waals surface area contributed by atoms with E-state index in [0.717, 1.165) is 35.6 Å². The Balaban J connectivity index is 1.59. The third-order valence-electron chi connectivity index (χ3n) is 8.48. The second kappa shape index (κ2) is 16.0. The molecule has 48 heavy (non-hydrogen) atoms. The number of carbonyl (C=O) groups excluding carboxylic acids is 2. The lowest BCUT2D eigenvalue weighted by molar-refractivity contribution is -0.140. The normalized spacial score (nSPS) is 13.8. The van der Waals surface area contributed by atoms with E-state index in [4.69, 9.17) is 21.1 Å². The molecule has 0 heterocycles. The standard InChI is InChI=1S/C37H40ClN3O6S/c1-46-34-21-20-31(24-35(34)47-2)41(48(44,45)32-18-7-4-8-19-32)26-36(42)40(25-28-14-11-15-29(38)22-28)33(23-27-12-5-3-6-13-27)37(43)39-30-16-9-10-17-30/h3-8,11-15,18-22,24,30,33H,9-10,16-17,23,25-26H2,1-2H3,(H,39,43)/t33-/m1/s1. The van der Waals surface area contributed by atoms with Crippen LogP contribution in [-0.4, -0.2) is 58.0 Å². The Morgan fingerprint density at radius 2 is 1.48 bits per heavy atom. The average Bonchev–Trinajstić information content (AvgIpc) is 3.62. The maximum Gasteiger partial charge on any atom is 0.264 e. The first-order valence-electron chi connectivity index (χ1n) is 15.9. The molecule has 0 bridgehead atoms. The molecule has 11 heteroatoms. The van der Waals surface area contributed by atoms with E-state index in [0.29, 0.717) is 22.1 Å². The van der Waals surface area contributed by atoms with E-state index in [1.165, 1.54) is 37.3 Å². The van der Waals surface area contributed by atoms with Crippen molar-refractivity contribution < 1.29 is 27.5 Å². The highest BCUT2D eigenvalue weighted by atomic mass is 35.5. The van der Waals surface area contributed by atoms with Gasteiger partial charge in [-0.3, -0.25) is 13.9 Å². The van der Waals surface area contributed by atoms with E-state index in [9.17, 15) is 18.0 Å². The molecule has 4 aromatic rings. The van der Waals surface area contributed by atoms with Crippen LogP contribution in [0.4, 0.5) is 5.69 Å². The summed E-state index contributed by atoms with van der Waals surface area (Å²) in [6.45, 7) is -0.560. The first-order valence-corrected chi connectivity index (χ1v) is 17.7. The fourth-order valence-corrected chi connectivity index (χ4v) is 7.62. The summed E-state index contributed by atoms with van der Waals surface area (Å²) in [5, 5.41) is 3.66. The predicted octanol–water partition coefficient (Wildman–Crippen LogP) is 6.25. The van der Waals surface area contributed by atoms with Crippen molar-refractivity contribution in [2.24, 2.45) is 0 Å². The molecule has 5 rings (SSSR count). The maximum absolute atomic E-state index is 14.7. The number of amides is 2. The lowest BCUT2D eigenvalue weighted by atomic mass is 10.0. The van der Waals surface area contributed by atoms with Crippen molar-refractivity contribution in [2.45, 2.75) is 55.6 Å². The molecular formula is C37H40ClN3O6S. The summed E-state index contributed by atoms with van der Waals surface area (Å²) in [5.74, 6) is -0.153. The average molecular weight is 690 g/mol. The minimum absolute atomic E-state index is 0.00814. The zero-order valence-corrected chi connectivity index (χ0v) is 28.6. The smallest absolute Gasteiger partial charge is 0.264 e. The van der Waals surface area contributed by atoms with Gasteiger partial charge in [0.1, 0.15) is 12.6 Å². The highest BCUT2D eigenvalue weighted by molar-refractivity contribution is 7.92. The summed E-state index contributed by atoms with van der Waals surface area (Å²) in [6.07, 6.45) is 4.02. The van der Waals surface area contributed by atoms with Crippen LogP contribution >= 0.6 is 11.6 Å². The van der Waals surface area contributed by atoms with Gasteiger partial charge in [0.25, 0.3) is 10.0 Å². The van der Waals surface area contributed by atoms with E-state index >= 15 is 0 Å². The summed E-state index contributed by atoms with van der Waals surface area (Å²) in [6, 6.07) is 28.2. The second-order valence-corrected chi connectivity index (χ2v) is 14.0. The van der Waals surface area contributed by atoms with Crippen molar-refractivity contribution in [3.63, 3.8) is 0 Å². The fourth-order valence-electron chi connectivity index (χ4n) is 5.98. The summed E-state index contributed by atoms with van der Waals surface area (Å²) >= 11 is 6.35. The van der Waals surface area contributed by atoms with Crippen LogP contribution in [-0.2, 0) is 32.6 Å². The Morgan fingerprint density at radius 1 is 0.833 bits per heavy atom. The van der Waals surface area contributed by atoms with Gasteiger partial charge >= 0.3 is 0 Å². The monoisotopic (exact) mass is 689 g/mol. The molecule has 1 saturated carbocycles. The van der Waals surface area contributed by atoms with Gasteiger partial charge < -0.3 is 19.7 Å². The van der Waals surface area contributed by atoms with E-state index in [-0.39, 0.29) is 35.5 Å². The lowest BCUT2D eigenvalue weighted by Gasteiger charge is -2.34. The number of carbonyl (C=O) groups is 2. The van der Waals surface area contributed by atoms with E-state index in [1.807, 2.05) is 36.4 Å². The minimum atomic E-state index is -4.26. The molecule has 1 atom stereocenters. The first-order chi connectivity index (χ1) is 23.2. The molecule has 0 aromatic heterocycles. The molecule has 0 spiro atoms. The number of methoxy groups -OCH3 is 2. The van der Waals surface area contributed by atoms with Gasteiger partial charge in [0, 0.05) is 30.1 Å². The van der Waals surface area contributed by atoms with Gasteiger partial charge in [0.2, 0.25) is 11.8 Å². The largest absolute Gasteiger partial charge is 0.493 e. The SMILES string of the molecule is COc1ccc(N(CC(=O)N(Cc2cccc(Cl)c2)[C@H](Cc2ccccc2)C(=O)NC2CCCC2)S(=O)(=O)c2ccccc2)cc1OC. The van der Waals surface area contributed by atoms with E-state index in [1.54, 1.807) is 48.5 Å². The Morgan fingerprint density at radius 3 is 2.12 bits per heavy atom. The van der Waals surface area contributed by atoms with Crippen LogP contribution in [0.5, 0.6) is 11.5 Å². The maximum atomic E-state index is 14.7. The number of benzene rings is 4. The van der Waals surface area contributed by atoms with Gasteiger partial charge in [-0.1, -0.05) is 85.1 Å². The summed E-state index contributed by atoms with van der Waals surface area (Å²) < 4.78 is 40.4. The summed E-state index contributed by atoms with van der Waals surface area (Å²) in [4.78, 5) is 30.3. The fraction of sp³-hybridized carbons (Fsp3) is 0.297. The van der Waals surface area contributed by atoms with Gasteiger partial charge in [-0.25, -0.2) is 8.42 Å². The summed E-state index contributed by atoms with van der Waals surface area (Å²) in [7, 11) is -1.33. The van der Waals surface area contributed by atoms with Crippen molar-refractivity contribution in [3.8, 4) is 11.5 Å². The molecule has 1 aliphatic rings. The molecule has 0 radical (unpaired) electrons. The minimum Gasteiger partial charge on any atom is -0.493 e. The molecule has 1 N–H and O–H groups in total. The highest BCUT2D eigenvalue weighted by Gasteiger charge is 2.36. The summed E-state index contributed by atoms with van der Waals surface area (Å²) in [5.41, 5.74) is 1.76. The Bertz CT molecular complexity index is 1800. The highest BCUT2D eigenvalue weighted by Crippen LogP contribution is 2.34. The number of halogens is 1. The number of nitrogens with zero attached hydrogens (tertiary/aromatic N) is 2. The van der Waals surface area contributed by atoms with Crippen LogP contribution in [0.25, 0.3) is 0 Å². The molecule has 2 amide bonds. The Labute approximate surface area is 287 Å². The van der Waals surface area contributed by atoms with Crippen molar-refractivity contribution in [3.05, 3.63) is 119 Å². The zero-order valence-electron chi connectivity index (χ0n) is 27.0. The number of ether oxygens (including phenoxy) is 2. The van der Waals surface area contributed by atoms with Gasteiger partial charge in [0.15, 0.2) is 11.5 Å². The van der Waals surface area contributed by atoms with Crippen LogP contribution < -0.4 is 19.1 Å². The predicted molar refractivity (Wildman–Crippen MR) is 187 cm³/mol. The molecule has 0 saturated heterocycles. The van der Waals surface area contributed by atoms with Gasteiger partial charge in [-0.15, -0.1) is 0 Å². The quantitative estimate of drug-likeness (QED) is 0.168. The number of anilines is 1. The molecular weight excluding hydrogens is 650 g/mol. The molecule has 1 aliphatic carbocycles. The van der Waals surface area contributed by atoms with Crippen molar-refractivity contribution in [2.75, 3.05) is 25.1 Å². The molecule has 1 fully saturated rings. The van der Waals surface area contributed by atoms with Crippen LogP contribution in [0.3, 0.4) is 0 Å². The number of hydrogen-bond acceptors (Lipinski definition) is 6. The van der Waals surface area contributed by atoms with Crippen LogP contribution in [0.1, 0.15) is 36.8 Å². The number of rotatable bonds is 14. The lowest BCUT2D eigenvalue weighted by Crippen LogP contribution is -2.54. The topological polar surface area (TPSA) is 105 Å². The number of hydrogen-bond donors (Lipinski definition) is 1. The van der Waals surface area contributed by atoms with Gasteiger partial charge in [-0.05, 0) is 60.4 Å². The third-order valence-corrected chi connectivity index (χ3v) is 10.5. The molecule has 0 aliphatic heterocycles. The van der Waals surface area contributed by atoms with Gasteiger partial charge in [0.05, 0.1) is 24.8 Å². The zero-order chi connectivity index (χ0) is 34.1. The van der Waals surface area contributed by atoms with Crippen molar-refractivity contribution in [1.29, 1.82) is 0 Å². The van der Waals surface area contributed by atoms with Crippen LogP contribution in [0, 0.1) is 0 Å². The van der Waals surface area contributed by atoms with Crippen molar-refractivity contribution >= 4 is 39.1 Å². The van der Waals surface area contributed by atoms with Gasteiger partial charge in [-0.2, -0.15) is 0 Å². The molecule has 4 aromatic carbocycles. The Kier molecular flexibility index (Phi) is 11.6. The Hall–Kier alpha value is -4.54. The van der Waals surface area contributed by atoms with Crippen molar-refractivity contribution in [1.82, 2.24) is 10.2 Å². The molecule has 252 valence electrons.